The van der Waals surface area contributed by atoms with Gasteiger partial charge in [-0.25, -0.2) is 4.79 Å². The van der Waals surface area contributed by atoms with Gasteiger partial charge in [-0.05, 0) is 54.2 Å². The standard InChI is InChI=1S/C41H46N2O5/c44-39(26-23-31-13-4-1-5-14-31)43(30-33-15-6-2-7-16-33)27-12-28-48-35-24-21-32(22-25-35)29-38(41(46)47)42-37-20-11-10-19-36(37)40(45)34-17-8-3-9-18-34/h2-3,6-11,15-22,24-25,31,38,42H,1,4-5,12-14,23,26-30H2,(H,46,47)/t38-/m0/s1. The molecule has 0 aromatic heterocycles. The number of ether oxygens (including phenoxy) is 1. The molecule has 0 spiro atoms. The molecule has 0 unspecified atom stereocenters. The van der Waals surface area contributed by atoms with Gasteiger partial charge in [0.2, 0.25) is 5.91 Å². The molecule has 1 saturated carbocycles. The van der Waals surface area contributed by atoms with E-state index < -0.39 is 12.0 Å². The molecule has 1 atom stereocenters. The molecule has 5 rings (SSSR count). The fourth-order valence-corrected chi connectivity index (χ4v) is 6.40. The van der Waals surface area contributed by atoms with Gasteiger partial charge >= 0.3 is 5.97 Å². The topological polar surface area (TPSA) is 95.9 Å². The molecule has 2 N–H and O–H groups in total. The van der Waals surface area contributed by atoms with Gasteiger partial charge in [-0.3, -0.25) is 9.59 Å². The quantitative estimate of drug-likeness (QED) is 0.0887. The Hall–Kier alpha value is -4.91. The zero-order chi connectivity index (χ0) is 33.6. The first kappa shape index (κ1) is 34.4. The molecule has 4 aromatic rings. The largest absolute Gasteiger partial charge is 0.494 e. The van der Waals surface area contributed by atoms with Crippen LogP contribution in [0.1, 0.15) is 78.4 Å². The van der Waals surface area contributed by atoms with Crippen molar-refractivity contribution in [2.24, 2.45) is 5.92 Å². The minimum absolute atomic E-state index is 0.170. The van der Waals surface area contributed by atoms with E-state index in [4.69, 9.17) is 4.74 Å². The molecular weight excluding hydrogens is 600 g/mol. The van der Waals surface area contributed by atoms with Gasteiger partial charge in [-0.1, -0.05) is 117 Å². The van der Waals surface area contributed by atoms with Crippen LogP contribution in [0.25, 0.3) is 0 Å². The van der Waals surface area contributed by atoms with E-state index in [1.54, 1.807) is 48.5 Å². The van der Waals surface area contributed by atoms with Crippen molar-refractivity contribution in [2.75, 3.05) is 18.5 Å². The summed E-state index contributed by atoms with van der Waals surface area (Å²) >= 11 is 0. The number of ketones is 1. The number of hydrogen-bond acceptors (Lipinski definition) is 5. The fraction of sp³-hybridized carbons (Fsp3) is 0.341. The van der Waals surface area contributed by atoms with E-state index in [0.29, 0.717) is 61.0 Å². The van der Waals surface area contributed by atoms with E-state index in [-0.39, 0.29) is 18.1 Å². The fourth-order valence-electron chi connectivity index (χ4n) is 6.40. The van der Waals surface area contributed by atoms with Gasteiger partial charge in [0.15, 0.2) is 5.78 Å². The molecule has 0 radical (unpaired) electrons. The number of hydrogen-bond donors (Lipinski definition) is 2. The van der Waals surface area contributed by atoms with Gasteiger partial charge in [0.25, 0.3) is 0 Å². The maximum atomic E-state index is 13.3. The third kappa shape index (κ3) is 10.3. The van der Waals surface area contributed by atoms with Crippen LogP contribution in [0.5, 0.6) is 5.75 Å². The van der Waals surface area contributed by atoms with Crippen LogP contribution < -0.4 is 10.1 Å². The van der Waals surface area contributed by atoms with E-state index in [2.05, 4.69) is 17.4 Å². The summed E-state index contributed by atoms with van der Waals surface area (Å²) in [6, 6.07) is 32.6. The van der Waals surface area contributed by atoms with Crippen molar-refractivity contribution in [3.8, 4) is 5.75 Å². The molecule has 1 aliphatic carbocycles. The van der Waals surface area contributed by atoms with Gasteiger partial charge in [-0.2, -0.15) is 0 Å². The number of carboxylic acids is 1. The predicted octanol–water partition coefficient (Wildman–Crippen LogP) is 8.18. The van der Waals surface area contributed by atoms with E-state index in [0.717, 1.165) is 17.5 Å². The smallest absolute Gasteiger partial charge is 0.326 e. The number of carbonyl (C=O) groups excluding carboxylic acids is 2. The molecule has 1 fully saturated rings. The van der Waals surface area contributed by atoms with Gasteiger partial charge in [-0.15, -0.1) is 0 Å². The van der Waals surface area contributed by atoms with Gasteiger partial charge in [0.05, 0.1) is 6.61 Å². The van der Waals surface area contributed by atoms with Gasteiger partial charge < -0.3 is 20.1 Å². The van der Waals surface area contributed by atoms with E-state index in [1.165, 1.54) is 32.1 Å². The van der Waals surface area contributed by atoms with E-state index in [1.807, 2.05) is 53.4 Å². The number of rotatable bonds is 17. The van der Waals surface area contributed by atoms with Crippen LogP contribution in [0.2, 0.25) is 0 Å². The first-order valence-corrected chi connectivity index (χ1v) is 17.2. The Morgan fingerprint density at radius 3 is 2.17 bits per heavy atom. The van der Waals surface area contributed by atoms with Crippen LogP contribution in [-0.4, -0.2) is 46.9 Å². The SMILES string of the molecule is O=C(c1ccccc1)c1ccccc1N[C@@H](Cc1ccc(OCCCN(Cc2ccccc2)C(=O)CCC2CCCCC2)cc1)C(=O)O. The number of para-hydroxylation sites is 1. The number of carbonyl (C=O) groups is 3. The second-order valence-electron chi connectivity index (χ2n) is 12.7. The summed E-state index contributed by atoms with van der Waals surface area (Å²) in [6.45, 7) is 1.69. The second kappa shape index (κ2) is 17.9. The number of anilines is 1. The van der Waals surface area contributed by atoms with Crippen molar-refractivity contribution in [3.63, 3.8) is 0 Å². The molecule has 7 nitrogen and oxygen atoms in total. The number of nitrogens with zero attached hydrogens (tertiary/aromatic N) is 1. The highest BCUT2D eigenvalue weighted by Gasteiger charge is 2.22. The second-order valence-corrected chi connectivity index (χ2v) is 12.7. The van der Waals surface area contributed by atoms with Crippen molar-refractivity contribution < 1.29 is 24.2 Å². The Morgan fingerprint density at radius 1 is 0.792 bits per heavy atom. The van der Waals surface area contributed by atoms with Crippen molar-refractivity contribution >= 4 is 23.3 Å². The summed E-state index contributed by atoms with van der Waals surface area (Å²) in [5.41, 5.74) is 3.39. The van der Waals surface area contributed by atoms with Crippen molar-refractivity contribution in [3.05, 3.63) is 131 Å². The summed E-state index contributed by atoms with van der Waals surface area (Å²) in [6.07, 6.45) is 8.88. The third-order valence-electron chi connectivity index (χ3n) is 9.10. The number of carboxylic acid groups (broad SMARTS) is 1. The molecule has 48 heavy (non-hydrogen) atoms. The number of aliphatic carboxylic acids is 1. The summed E-state index contributed by atoms with van der Waals surface area (Å²) < 4.78 is 6.02. The maximum Gasteiger partial charge on any atom is 0.326 e. The zero-order valence-corrected chi connectivity index (χ0v) is 27.6. The Labute approximate surface area is 284 Å². The van der Waals surface area contributed by atoms with Crippen molar-refractivity contribution in [1.82, 2.24) is 4.90 Å². The van der Waals surface area contributed by atoms with Crippen LogP contribution in [0.4, 0.5) is 5.69 Å². The molecule has 4 aromatic carbocycles. The lowest BCUT2D eigenvalue weighted by Crippen LogP contribution is -2.32. The average molecular weight is 647 g/mol. The molecule has 1 amide bonds. The van der Waals surface area contributed by atoms with Crippen molar-refractivity contribution in [2.45, 2.75) is 70.4 Å². The predicted molar refractivity (Wildman–Crippen MR) is 189 cm³/mol. The molecule has 0 aliphatic heterocycles. The average Bonchev–Trinajstić information content (AvgIpc) is 3.13. The monoisotopic (exact) mass is 646 g/mol. The van der Waals surface area contributed by atoms with Crippen LogP contribution in [0.3, 0.4) is 0 Å². The number of benzene rings is 4. The van der Waals surface area contributed by atoms with Crippen LogP contribution in [0.15, 0.2) is 109 Å². The third-order valence-corrected chi connectivity index (χ3v) is 9.10. The van der Waals surface area contributed by atoms with E-state index >= 15 is 0 Å². The molecular formula is C41H46N2O5. The Morgan fingerprint density at radius 2 is 1.46 bits per heavy atom. The summed E-state index contributed by atoms with van der Waals surface area (Å²) in [7, 11) is 0. The lowest BCUT2D eigenvalue weighted by molar-refractivity contribution is -0.138. The maximum absolute atomic E-state index is 13.3. The molecule has 0 heterocycles. The first-order valence-electron chi connectivity index (χ1n) is 17.2. The molecule has 7 heteroatoms. The zero-order valence-electron chi connectivity index (χ0n) is 27.6. The Bertz CT molecular complexity index is 1600. The lowest BCUT2D eigenvalue weighted by Gasteiger charge is -2.25. The first-order chi connectivity index (χ1) is 23.5. The van der Waals surface area contributed by atoms with Crippen LogP contribution in [-0.2, 0) is 22.6 Å². The highest BCUT2D eigenvalue weighted by Crippen LogP contribution is 2.28. The molecule has 1 aliphatic rings. The Balaban J connectivity index is 1.13. The minimum Gasteiger partial charge on any atom is -0.494 e. The number of amides is 1. The number of nitrogens with one attached hydrogen (secondary N) is 1. The molecule has 250 valence electrons. The highest BCUT2D eigenvalue weighted by atomic mass is 16.5. The van der Waals surface area contributed by atoms with Crippen molar-refractivity contribution in [1.29, 1.82) is 0 Å². The Kier molecular flexibility index (Phi) is 12.8. The summed E-state index contributed by atoms with van der Waals surface area (Å²) in [5.74, 6) is 0.397. The van der Waals surface area contributed by atoms with Gasteiger partial charge in [0, 0.05) is 42.7 Å². The van der Waals surface area contributed by atoms with Gasteiger partial charge in [0.1, 0.15) is 11.8 Å². The lowest BCUT2D eigenvalue weighted by atomic mass is 9.86. The molecule has 0 bridgehead atoms. The summed E-state index contributed by atoms with van der Waals surface area (Å²) in [5, 5.41) is 13.1. The van der Waals surface area contributed by atoms with E-state index in [9.17, 15) is 19.5 Å². The molecule has 0 saturated heterocycles. The summed E-state index contributed by atoms with van der Waals surface area (Å²) in [4.78, 5) is 40.6. The normalized spacial score (nSPS) is 13.8. The van der Waals surface area contributed by atoms with Crippen LogP contribution >= 0.6 is 0 Å². The minimum atomic E-state index is -1.01. The van der Waals surface area contributed by atoms with Crippen LogP contribution in [0, 0.1) is 5.92 Å². The highest BCUT2D eigenvalue weighted by molar-refractivity contribution is 6.12.